The van der Waals surface area contributed by atoms with E-state index in [4.69, 9.17) is 0 Å². The van der Waals surface area contributed by atoms with E-state index in [1.54, 1.807) is 24.8 Å². The van der Waals surface area contributed by atoms with Crippen molar-refractivity contribution in [2.45, 2.75) is 18.2 Å². The standard InChI is InChI=1S/C16H15BrN2O3S/c1-11-2-5-13(19(21)22)10-15(11)18-16(20)8-9-23-14-6-3-12(17)4-7-14/h2-7,10H,8-9H2,1H3,(H,18,20). The lowest BCUT2D eigenvalue weighted by Crippen LogP contribution is -2.13. The molecule has 0 bridgehead atoms. The fraction of sp³-hybridized carbons (Fsp3) is 0.188. The summed E-state index contributed by atoms with van der Waals surface area (Å²) in [7, 11) is 0. The second-order valence-corrected chi connectivity index (χ2v) is 6.94. The SMILES string of the molecule is Cc1ccc([N+](=O)[O-])cc1NC(=O)CCSc1ccc(Br)cc1. The number of nitro groups is 1. The molecule has 0 fully saturated rings. The van der Waals surface area contributed by atoms with Crippen LogP contribution in [0.5, 0.6) is 0 Å². The van der Waals surface area contributed by atoms with Gasteiger partial charge in [0.1, 0.15) is 0 Å². The molecule has 0 saturated carbocycles. The van der Waals surface area contributed by atoms with Gasteiger partial charge in [0.2, 0.25) is 5.91 Å². The Morgan fingerprint density at radius 1 is 1.26 bits per heavy atom. The molecule has 0 radical (unpaired) electrons. The number of non-ortho nitro benzene ring substituents is 1. The summed E-state index contributed by atoms with van der Waals surface area (Å²) >= 11 is 4.97. The van der Waals surface area contributed by atoms with Crippen molar-refractivity contribution >= 4 is 45.0 Å². The zero-order valence-electron chi connectivity index (χ0n) is 12.4. The number of nitro benzene ring substituents is 1. The van der Waals surface area contributed by atoms with E-state index in [-0.39, 0.29) is 11.6 Å². The molecule has 0 heterocycles. The molecule has 2 rings (SSSR count). The quantitative estimate of drug-likeness (QED) is 0.434. The monoisotopic (exact) mass is 394 g/mol. The third-order valence-electron chi connectivity index (χ3n) is 3.12. The van der Waals surface area contributed by atoms with Crippen LogP contribution in [0.15, 0.2) is 51.8 Å². The van der Waals surface area contributed by atoms with Crippen LogP contribution < -0.4 is 5.32 Å². The maximum atomic E-state index is 12.0. The van der Waals surface area contributed by atoms with Crippen molar-refractivity contribution in [1.29, 1.82) is 0 Å². The molecular formula is C16H15BrN2O3S. The molecule has 7 heteroatoms. The Kier molecular flexibility index (Phi) is 6.18. The molecule has 1 N–H and O–H groups in total. The number of amides is 1. The minimum Gasteiger partial charge on any atom is -0.326 e. The average molecular weight is 395 g/mol. The summed E-state index contributed by atoms with van der Waals surface area (Å²) in [5.41, 5.74) is 1.25. The lowest BCUT2D eigenvalue weighted by molar-refractivity contribution is -0.384. The topological polar surface area (TPSA) is 72.2 Å². The van der Waals surface area contributed by atoms with Crippen molar-refractivity contribution < 1.29 is 9.72 Å². The minimum atomic E-state index is -0.474. The molecule has 2 aromatic carbocycles. The van der Waals surface area contributed by atoms with Crippen molar-refractivity contribution in [3.8, 4) is 0 Å². The third kappa shape index (κ3) is 5.37. The molecule has 1 amide bonds. The molecule has 0 spiro atoms. The highest BCUT2D eigenvalue weighted by Crippen LogP contribution is 2.23. The molecule has 120 valence electrons. The Bertz CT molecular complexity index is 720. The first-order chi connectivity index (χ1) is 11.0. The molecule has 0 aliphatic carbocycles. The number of nitrogens with zero attached hydrogens (tertiary/aromatic N) is 1. The number of hydrogen-bond donors (Lipinski definition) is 1. The van der Waals surface area contributed by atoms with E-state index in [0.717, 1.165) is 14.9 Å². The molecule has 23 heavy (non-hydrogen) atoms. The fourth-order valence-corrected chi connectivity index (χ4v) is 2.98. The number of anilines is 1. The van der Waals surface area contributed by atoms with Crippen LogP contribution in [0.25, 0.3) is 0 Å². The summed E-state index contributed by atoms with van der Waals surface area (Å²) in [6, 6.07) is 12.3. The van der Waals surface area contributed by atoms with E-state index in [9.17, 15) is 14.9 Å². The molecule has 2 aromatic rings. The van der Waals surface area contributed by atoms with Gasteiger partial charge in [-0.15, -0.1) is 11.8 Å². The van der Waals surface area contributed by atoms with Crippen LogP contribution in [0.3, 0.4) is 0 Å². The summed E-state index contributed by atoms with van der Waals surface area (Å²) in [4.78, 5) is 23.4. The van der Waals surface area contributed by atoms with E-state index in [1.165, 1.54) is 12.1 Å². The van der Waals surface area contributed by atoms with Gasteiger partial charge in [0.25, 0.3) is 5.69 Å². The van der Waals surface area contributed by atoms with Crippen LogP contribution in [0, 0.1) is 17.0 Å². The Balaban J connectivity index is 1.88. The molecule has 5 nitrogen and oxygen atoms in total. The maximum absolute atomic E-state index is 12.0. The van der Waals surface area contributed by atoms with Gasteiger partial charge in [-0.05, 0) is 36.8 Å². The van der Waals surface area contributed by atoms with Gasteiger partial charge in [-0.25, -0.2) is 0 Å². The smallest absolute Gasteiger partial charge is 0.271 e. The van der Waals surface area contributed by atoms with Crippen LogP contribution in [-0.2, 0) is 4.79 Å². The number of nitrogens with one attached hydrogen (secondary N) is 1. The normalized spacial score (nSPS) is 10.3. The molecule has 0 unspecified atom stereocenters. The van der Waals surface area contributed by atoms with E-state index in [2.05, 4.69) is 21.2 Å². The highest BCUT2D eigenvalue weighted by Gasteiger charge is 2.11. The number of rotatable bonds is 6. The van der Waals surface area contributed by atoms with Crippen LogP contribution in [0.2, 0.25) is 0 Å². The van der Waals surface area contributed by atoms with Crippen molar-refractivity contribution in [1.82, 2.24) is 0 Å². The first kappa shape index (κ1) is 17.5. The van der Waals surface area contributed by atoms with Crippen LogP contribution in [0.1, 0.15) is 12.0 Å². The number of benzene rings is 2. The number of carbonyl (C=O) groups excluding carboxylic acids is 1. The summed E-state index contributed by atoms with van der Waals surface area (Å²) in [5, 5.41) is 13.5. The third-order valence-corrected chi connectivity index (χ3v) is 4.66. The van der Waals surface area contributed by atoms with Gasteiger partial charge in [0, 0.05) is 33.7 Å². The zero-order valence-corrected chi connectivity index (χ0v) is 14.8. The van der Waals surface area contributed by atoms with Crippen LogP contribution in [0.4, 0.5) is 11.4 Å². The van der Waals surface area contributed by atoms with Gasteiger partial charge in [0.05, 0.1) is 10.6 Å². The number of thioether (sulfide) groups is 1. The van der Waals surface area contributed by atoms with Crippen molar-refractivity contribution in [2.75, 3.05) is 11.1 Å². The zero-order chi connectivity index (χ0) is 16.8. The summed E-state index contributed by atoms with van der Waals surface area (Å²) in [6.07, 6.45) is 0.336. The average Bonchev–Trinajstić information content (AvgIpc) is 2.51. The highest BCUT2D eigenvalue weighted by molar-refractivity contribution is 9.10. The van der Waals surface area contributed by atoms with E-state index in [1.807, 2.05) is 24.3 Å². The predicted octanol–water partition coefficient (Wildman–Crippen LogP) is 4.79. The first-order valence-electron chi connectivity index (χ1n) is 6.89. The van der Waals surface area contributed by atoms with Gasteiger partial charge >= 0.3 is 0 Å². The molecule has 0 aliphatic rings. The Morgan fingerprint density at radius 3 is 2.61 bits per heavy atom. The number of carbonyl (C=O) groups is 1. The molecular weight excluding hydrogens is 380 g/mol. The van der Waals surface area contributed by atoms with Crippen molar-refractivity contribution in [3.05, 3.63) is 62.6 Å². The first-order valence-corrected chi connectivity index (χ1v) is 8.67. The van der Waals surface area contributed by atoms with E-state index in [0.29, 0.717) is 17.9 Å². The molecule has 0 aromatic heterocycles. The second kappa shape index (κ2) is 8.12. The van der Waals surface area contributed by atoms with Crippen LogP contribution in [-0.4, -0.2) is 16.6 Å². The van der Waals surface area contributed by atoms with Gasteiger partial charge in [0.15, 0.2) is 0 Å². The maximum Gasteiger partial charge on any atom is 0.271 e. The molecule has 0 aliphatic heterocycles. The lowest BCUT2D eigenvalue weighted by Gasteiger charge is -2.08. The van der Waals surface area contributed by atoms with Crippen LogP contribution >= 0.6 is 27.7 Å². The summed E-state index contributed by atoms with van der Waals surface area (Å²) in [6.45, 7) is 1.80. The van der Waals surface area contributed by atoms with Gasteiger partial charge in [-0.2, -0.15) is 0 Å². The second-order valence-electron chi connectivity index (χ2n) is 4.86. The molecule has 0 saturated heterocycles. The molecule has 0 atom stereocenters. The minimum absolute atomic E-state index is 0.0323. The Labute approximate surface area is 146 Å². The predicted molar refractivity (Wildman–Crippen MR) is 95.9 cm³/mol. The Hall–Kier alpha value is -1.86. The number of hydrogen-bond acceptors (Lipinski definition) is 4. The van der Waals surface area contributed by atoms with E-state index >= 15 is 0 Å². The van der Waals surface area contributed by atoms with Gasteiger partial charge in [-0.3, -0.25) is 14.9 Å². The summed E-state index contributed by atoms with van der Waals surface area (Å²) < 4.78 is 1.01. The fourth-order valence-electron chi connectivity index (χ4n) is 1.86. The Morgan fingerprint density at radius 2 is 1.96 bits per heavy atom. The van der Waals surface area contributed by atoms with Crippen molar-refractivity contribution in [3.63, 3.8) is 0 Å². The van der Waals surface area contributed by atoms with Gasteiger partial charge in [-0.1, -0.05) is 22.0 Å². The largest absolute Gasteiger partial charge is 0.326 e. The highest BCUT2D eigenvalue weighted by atomic mass is 79.9. The number of halogens is 1. The van der Waals surface area contributed by atoms with E-state index < -0.39 is 4.92 Å². The van der Waals surface area contributed by atoms with Crippen molar-refractivity contribution in [2.24, 2.45) is 0 Å². The van der Waals surface area contributed by atoms with Gasteiger partial charge < -0.3 is 5.32 Å². The summed E-state index contributed by atoms with van der Waals surface area (Å²) in [5.74, 6) is 0.486. The number of aryl methyl sites for hydroxylation is 1. The lowest BCUT2D eigenvalue weighted by atomic mass is 10.2.